The second-order valence-electron chi connectivity index (χ2n) is 7.43. The molecule has 2 heterocycles. The fourth-order valence-electron chi connectivity index (χ4n) is 3.05. The van der Waals surface area contributed by atoms with Gasteiger partial charge in [0, 0.05) is 12.5 Å². The second-order valence-corrected chi connectivity index (χ2v) is 7.43. The number of carbonyl (C=O) groups is 2. The lowest BCUT2D eigenvalue weighted by molar-refractivity contribution is -0.163. The Bertz CT molecular complexity index is 456. The van der Waals surface area contributed by atoms with Gasteiger partial charge in [-0.3, -0.25) is 9.59 Å². The van der Waals surface area contributed by atoms with Crippen molar-refractivity contribution in [3.8, 4) is 0 Å². The van der Waals surface area contributed by atoms with Gasteiger partial charge in [0.15, 0.2) is 0 Å². The number of esters is 2. The van der Waals surface area contributed by atoms with Crippen LogP contribution in [0.2, 0.25) is 0 Å². The number of aliphatic hydroxyl groups is 1. The molecule has 24 heavy (non-hydrogen) atoms. The van der Waals surface area contributed by atoms with E-state index < -0.39 is 23.7 Å². The lowest BCUT2D eigenvalue weighted by Gasteiger charge is -2.29. The first-order chi connectivity index (χ1) is 11.3. The number of nitrogens with zero attached hydrogens (tertiary/aromatic N) is 1. The van der Waals surface area contributed by atoms with E-state index in [0.29, 0.717) is 19.6 Å². The highest BCUT2D eigenvalue weighted by Gasteiger charge is 2.55. The predicted octanol–water partition coefficient (Wildman–Crippen LogP) is 1.08. The Hall–Kier alpha value is -1.18. The monoisotopic (exact) mass is 343 g/mol. The summed E-state index contributed by atoms with van der Waals surface area (Å²) in [7, 11) is 0. The highest BCUT2D eigenvalue weighted by Crippen LogP contribution is 2.37. The van der Waals surface area contributed by atoms with Gasteiger partial charge in [-0.05, 0) is 33.6 Å². The van der Waals surface area contributed by atoms with Gasteiger partial charge in [-0.1, -0.05) is 13.3 Å². The van der Waals surface area contributed by atoms with Gasteiger partial charge >= 0.3 is 11.9 Å². The molecule has 0 bridgehead atoms. The summed E-state index contributed by atoms with van der Waals surface area (Å²) >= 11 is 0. The van der Waals surface area contributed by atoms with Crippen LogP contribution in [0.25, 0.3) is 0 Å². The fraction of sp³-hybridized carbons (Fsp3) is 0.882. The zero-order valence-electron chi connectivity index (χ0n) is 15.0. The van der Waals surface area contributed by atoms with Crippen LogP contribution in [0, 0.1) is 5.92 Å². The van der Waals surface area contributed by atoms with Gasteiger partial charge in [0.05, 0.1) is 13.2 Å². The van der Waals surface area contributed by atoms with Crippen molar-refractivity contribution in [3.05, 3.63) is 0 Å². The van der Waals surface area contributed by atoms with Crippen molar-refractivity contribution in [1.82, 2.24) is 4.90 Å². The van der Waals surface area contributed by atoms with E-state index in [1.54, 1.807) is 25.7 Å². The smallest absolute Gasteiger partial charge is 0.323 e. The van der Waals surface area contributed by atoms with Gasteiger partial charge in [0.2, 0.25) is 0 Å². The van der Waals surface area contributed by atoms with E-state index in [9.17, 15) is 14.7 Å². The van der Waals surface area contributed by atoms with E-state index >= 15 is 0 Å². The van der Waals surface area contributed by atoms with Crippen molar-refractivity contribution < 1.29 is 28.9 Å². The third-order valence-corrected chi connectivity index (χ3v) is 4.20. The molecule has 0 amide bonds. The van der Waals surface area contributed by atoms with Crippen LogP contribution in [0.4, 0.5) is 0 Å². The largest absolute Gasteiger partial charge is 0.465 e. The summed E-state index contributed by atoms with van der Waals surface area (Å²) in [5.41, 5.74) is -0.610. The third kappa shape index (κ3) is 4.68. The van der Waals surface area contributed by atoms with Crippen molar-refractivity contribution in [2.45, 2.75) is 70.9 Å². The maximum absolute atomic E-state index is 12.5. The molecular weight excluding hydrogens is 314 g/mol. The summed E-state index contributed by atoms with van der Waals surface area (Å²) in [6, 6.07) is -1.27. The van der Waals surface area contributed by atoms with Gasteiger partial charge in [0.25, 0.3) is 0 Å². The van der Waals surface area contributed by atoms with Crippen molar-refractivity contribution in [1.29, 1.82) is 0 Å². The Kier molecular flexibility index (Phi) is 6.22. The number of likely N-dealkylation sites (tertiary alicyclic amines) is 1. The lowest BCUT2D eigenvalue weighted by atomic mass is 10.00. The Labute approximate surface area is 143 Å². The molecule has 0 aromatic heterocycles. The number of unbranched alkanes of at least 4 members (excludes halogenated alkanes) is 1. The Morgan fingerprint density at radius 2 is 1.96 bits per heavy atom. The van der Waals surface area contributed by atoms with Gasteiger partial charge in [-0.25, -0.2) is 4.90 Å². The lowest BCUT2D eigenvalue weighted by Crippen LogP contribution is -2.49. The van der Waals surface area contributed by atoms with E-state index in [1.807, 2.05) is 6.92 Å². The standard InChI is InChI=1S/C17H29NO6/c1-5-6-7-22-16(21)14-11(9-19)8-12(18(14)13-10-23-13)15(20)24-17(2,3)4/h11-14,19H,5-10H2,1-4H3. The molecule has 1 N–H and O–H groups in total. The zero-order valence-corrected chi connectivity index (χ0v) is 15.0. The maximum Gasteiger partial charge on any atom is 0.323 e. The van der Waals surface area contributed by atoms with E-state index in [1.165, 1.54) is 0 Å². The minimum atomic E-state index is -0.670. The van der Waals surface area contributed by atoms with E-state index in [4.69, 9.17) is 14.2 Å². The molecular formula is C17H29NO6. The predicted molar refractivity (Wildman–Crippen MR) is 86.1 cm³/mol. The van der Waals surface area contributed by atoms with Crippen LogP contribution in [0.1, 0.15) is 47.0 Å². The average Bonchev–Trinajstić information content (AvgIpc) is 3.24. The number of rotatable bonds is 7. The molecule has 0 aromatic carbocycles. The van der Waals surface area contributed by atoms with Crippen LogP contribution < -0.4 is 0 Å². The molecule has 2 aliphatic rings. The first-order valence-corrected chi connectivity index (χ1v) is 8.68. The second kappa shape index (κ2) is 7.80. The average molecular weight is 343 g/mol. The minimum absolute atomic E-state index is 0.184. The first kappa shape index (κ1) is 19.1. The quantitative estimate of drug-likeness (QED) is 0.420. The first-order valence-electron chi connectivity index (χ1n) is 8.68. The summed E-state index contributed by atoms with van der Waals surface area (Å²) in [6.45, 7) is 8.06. The van der Waals surface area contributed by atoms with Crippen LogP contribution in [-0.2, 0) is 23.8 Å². The maximum atomic E-state index is 12.5. The Morgan fingerprint density at radius 1 is 1.29 bits per heavy atom. The van der Waals surface area contributed by atoms with Gasteiger partial charge < -0.3 is 19.3 Å². The summed E-state index contributed by atoms with van der Waals surface area (Å²) in [4.78, 5) is 26.8. The van der Waals surface area contributed by atoms with Crippen molar-refractivity contribution in [2.24, 2.45) is 5.92 Å². The number of ether oxygens (including phenoxy) is 3. The topological polar surface area (TPSA) is 88.6 Å². The number of carbonyl (C=O) groups excluding carboxylic acids is 2. The summed E-state index contributed by atoms with van der Waals surface area (Å²) in [5.74, 6) is -1.15. The SMILES string of the molecule is CCCCOC(=O)C1C(CO)CC(C(=O)OC(C)(C)C)N1C1CO1. The number of hydrogen-bond donors (Lipinski definition) is 1. The van der Waals surface area contributed by atoms with Gasteiger partial charge in [0.1, 0.15) is 23.9 Å². The minimum Gasteiger partial charge on any atom is -0.465 e. The van der Waals surface area contributed by atoms with Crippen LogP contribution in [-0.4, -0.2) is 65.7 Å². The molecule has 0 aromatic rings. The molecule has 0 saturated carbocycles. The van der Waals surface area contributed by atoms with Crippen molar-refractivity contribution in [3.63, 3.8) is 0 Å². The Morgan fingerprint density at radius 3 is 2.46 bits per heavy atom. The Balaban J connectivity index is 2.13. The molecule has 2 rings (SSSR count). The third-order valence-electron chi connectivity index (χ3n) is 4.20. The molecule has 2 aliphatic heterocycles. The highest BCUT2D eigenvalue weighted by atomic mass is 16.6. The molecule has 2 fully saturated rings. The van der Waals surface area contributed by atoms with Crippen LogP contribution in [0.5, 0.6) is 0 Å². The number of aliphatic hydroxyl groups excluding tert-OH is 1. The zero-order chi connectivity index (χ0) is 17.9. The van der Waals surface area contributed by atoms with Crippen molar-refractivity contribution >= 4 is 11.9 Å². The normalized spacial score (nSPS) is 30.2. The molecule has 7 nitrogen and oxygen atoms in total. The molecule has 0 radical (unpaired) electrons. The van der Waals surface area contributed by atoms with E-state index in [2.05, 4.69) is 0 Å². The summed E-state index contributed by atoms with van der Waals surface area (Å²) in [5, 5.41) is 9.68. The van der Waals surface area contributed by atoms with Gasteiger partial charge in [-0.15, -0.1) is 0 Å². The fourth-order valence-corrected chi connectivity index (χ4v) is 3.05. The molecule has 7 heteroatoms. The number of epoxide rings is 1. The molecule has 138 valence electrons. The highest BCUT2D eigenvalue weighted by molar-refractivity contribution is 5.82. The van der Waals surface area contributed by atoms with Crippen molar-refractivity contribution in [2.75, 3.05) is 19.8 Å². The number of hydrogen-bond acceptors (Lipinski definition) is 7. The van der Waals surface area contributed by atoms with Crippen LogP contribution >= 0.6 is 0 Å². The van der Waals surface area contributed by atoms with Crippen LogP contribution in [0.15, 0.2) is 0 Å². The van der Waals surface area contributed by atoms with Gasteiger partial charge in [-0.2, -0.15) is 0 Å². The van der Waals surface area contributed by atoms with Crippen LogP contribution in [0.3, 0.4) is 0 Å². The molecule has 2 saturated heterocycles. The molecule has 0 aliphatic carbocycles. The van der Waals surface area contributed by atoms with E-state index in [-0.39, 0.29) is 24.7 Å². The summed E-state index contributed by atoms with van der Waals surface area (Å²) in [6.07, 6.45) is 1.79. The summed E-state index contributed by atoms with van der Waals surface area (Å²) < 4.78 is 16.1. The molecule has 4 unspecified atom stereocenters. The molecule has 4 atom stereocenters. The van der Waals surface area contributed by atoms with E-state index in [0.717, 1.165) is 12.8 Å². The molecule has 0 spiro atoms.